The van der Waals surface area contributed by atoms with Crippen molar-refractivity contribution in [2.45, 2.75) is 4.90 Å². The minimum absolute atomic E-state index is 0.00281. The van der Waals surface area contributed by atoms with Gasteiger partial charge in [0.25, 0.3) is 0 Å². The second-order valence-electron chi connectivity index (χ2n) is 7.86. The van der Waals surface area contributed by atoms with Gasteiger partial charge in [0, 0.05) is 58.9 Å². The SMILES string of the molecule is C=CCNC(=O)CN1CCN(CC(=O)N2CCN(S(=O)(=O)c3ccccc3Cl)CC2)CC1. The minimum Gasteiger partial charge on any atom is -0.352 e. The van der Waals surface area contributed by atoms with Crippen LogP contribution in [0.4, 0.5) is 0 Å². The molecule has 0 radical (unpaired) electrons. The standard InChI is InChI=1S/C21H30ClN5O4S/c1-2-7-23-20(28)16-24-8-10-25(11-9-24)17-21(29)26-12-14-27(15-13-26)32(30,31)19-6-4-3-5-18(19)22/h2-6H,1,7-17H2,(H,23,28). The Hall–Kier alpha value is -1.98. The maximum absolute atomic E-state index is 12.9. The molecule has 1 aromatic rings. The fourth-order valence-corrected chi connectivity index (χ4v) is 5.73. The Morgan fingerprint density at radius 2 is 1.56 bits per heavy atom. The molecule has 2 heterocycles. The van der Waals surface area contributed by atoms with Crippen LogP contribution in [0, 0.1) is 0 Å². The highest BCUT2D eigenvalue weighted by Gasteiger charge is 2.32. The summed E-state index contributed by atoms with van der Waals surface area (Å²) >= 11 is 6.07. The fourth-order valence-electron chi connectivity index (χ4n) is 3.81. The van der Waals surface area contributed by atoms with E-state index < -0.39 is 10.0 Å². The van der Waals surface area contributed by atoms with Crippen molar-refractivity contribution in [2.75, 3.05) is 72.0 Å². The highest BCUT2D eigenvalue weighted by Crippen LogP contribution is 2.25. The summed E-state index contributed by atoms with van der Waals surface area (Å²) in [5.74, 6) is -0.0315. The molecule has 2 fully saturated rings. The first-order valence-electron chi connectivity index (χ1n) is 10.7. The van der Waals surface area contributed by atoms with Crippen LogP contribution in [0.1, 0.15) is 0 Å². The van der Waals surface area contributed by atoms with E-state index in [0.717, 1.165) is 13.1 Å². The Balaban J connectivity index is 1.43. The topological polar surface area (TPSA) is 93.3 Å². The molecule has 176 valence electrons. The lowest BCUT2D eigenvalue weighted by Gasteiger charge is -2.37. The van der Waals surface area contributed by atoms with Gasteiger partial charge >= 0.3 is 0 Å². The number of benzene rings is 1. The third-order valence-electron chi connectivity index (χ3n) is 5.68. The van der Waals surface area contributed by atoms with E-state index in [1.165, 1.54) is 10.4 Å². The lowest BCUT2D eigenvalue weighted by molar-refractivity contribution is -0.134. The van der Waals surface area contributed by atoms with Crippen molar-refractivity contribution >= 4 is 33.4 Å². The van der Waals surface area contributed by atoms with Gasteiger partial charge in [0.05, 0.1) is 18.1 Å². The molecule has 3 rings (SSSR count). The quantitative estimate of drug-likeness (QED) is 0.527. The molecule has 0 spiro atoms. The van der Waals surface area contributed by atoms with Crippen molar-refractivity contribution in [3.05, 3.63) is 41.9 Å². The molecular weight excluding hydrogens is 454 g/mol. The number of nitrogens with one attached hydrogen (secondary N) is 1. The van der Waals surface area contributed by atoms with Gasteiger partial charge in [0.2, 0.25) is 21.8 Å². The Morgan fingerprint density at radius 1 is 0.969 bits per heavy atom. The van der Waals surface area contributed by atoms with Gasteiger partial charge in [-0.05, 0) is 12.1 Å². The van der Waals surface area contributed by atoms with Gasteiger partial charge in [-0.2, -0.15) is 4.31 Å². The van der Waals surface area contributed by atoms with Crippen LogP contribution in [0.25, 0.3) is 0 Å². The number of hydrogen-bond donors (Lipinski definition) is 1. The first-order chi connectivity index (χ1) is 15.3. The summed E-state index contributed by atoms with van der Waals surface area (Å²) < 4.78 is 27.1. The average molecular weight is 484 g/mol. The van der Waals surface area contributed by atoms with Crippen LogP contribution in [0.2, 0.25) is 5.02 Å². The van der Waals surface area contributed by atoms with Gasteiger partial charge in [-0.1, -0.05) is 29.8 Å². The smallest absolute Gasteiger partial charge is 0.244 e. The molecule has 1 N–H and O–H groups in total. The van der Waals surface area contributed by atoms with E-state index >= 15 is 0 Å². The van der Waals surface area contributed by atoms with Crippen molar-refractivity contribution in [1.82, 2.24) is 24.3 Å². The predicted molar refractivity (Wildman–Crippen MR) is 123 cm³/mol. The molecule has 0 unspecified atom stereocenters. The zero-order valence-corrected chi connectivity index (χ0v) is 19.7. The first kappa shape index (κ1) is 24.7. The summed E-state index contributed by atoms with van der Waals surface area (Å²) in [4.78, 5) is 30.5. The third kappa shape index (κ3) is 6.29. The highest BCUT2D eigenvalue weighted by molar-refractivity contribution is 7.89. The molecule has 0 aromatic heterocycles. The molecule has 0 aliphatic carbocycles. The van der Waals surface area contributed by atoms with Gasteiger partial charge < -0.3 is 10.2 Å². The van der Waals surface area contributed by atoms with E-state index in [-0.39, 0.29) is 34.8 Å². The largest absolute Gasteiger partial charge is 0.352 e. The molecule has 11 heteroatoms. The molecule has 1 aromatic carbocycles. The average Bonchev–Trinajstić information content (AvgIpc) is 2.79. The zero-order chi connectivity index (χ0) is 23.1. The number of sulfonamides is 1. The van der Waals surface area contributed by atoms with Gasteiger partial charge in [0.15, 0.2) is 0 Å². The highest BCUT2D eigenvalue weighted by atomic mass is 35.5. The summed E-state index contributed by atoms with van der Waals surface area (Å²) in [5.41, 5.74) is 0. The Kier molecular flexibility index (Phi) is 8.66. The molecule has 2 saturated heterocycles. The minimum atomic E-state index is -3.68. The van der Waals surface area contributed by atoms with E-state index in [1.54, 1.807) is 29.2 Å². The van der Waals surface area contributed by atoms with Crippen LogP contribution in [0.3, 0.4) is 0 Å². The van der Waals surface area contributed by atoms with Crippen molar-refractivity contribution in [3.8, 4) is 0 Å². The number of carbonyl (C=O) groups excluding carboxylic acids is 2. The molecule has 2 amide bonds. The monoisotopic (exact) mass is 483 g/mol. The van der Waals surface area contributed by atoms with Crippen LogP contribution in [0.5, 0.6) is 0 Å². The molecule has 2 aliphatic heterocycles. The van der Waals surface area contributed by atoms with E-state index in [2.05, 4.69) is 21.7 Å². The number of amides is 2. The van der Waals surface area contributed by atoms with Crippen LogP contribution in [-0.4, -0.2) is 111 Å². The van der Waals surface area contributed by atoms with Crippen molar-refractivity contribution < 1.29 is 18.0 Å². The van der Waals surface area contributed by atoms with Crippen LogP contribution >= 0.6 is 11.6 Å². The molecule has 9 nitrogen and oxygen atoms in total. The second kappa shape index (κ2) is 11.2. The molecule has 0 bridgehead atoms. The van der Waals surface area contributed by atoms with E-state index in [4.69, 9.17) is 11.6 Å². The van der Waals surface area contributed by atoms with Crippen molar-refractivity contribution in [1.29, 1.82) is 0 Å². The summed E-state index contributed by atoms with van der Waals surface area (Å²) in [6.45, 7) is 8.74. The first-order valence-corrected chi connectivity index (χ1v) is 12.5. The third-order valence-corrected chi connectivity index (χ3v) is 8.08. The molecule has 0 saturated carbocycles. The number of carbonyl (C=O) groups is 2. The summed E-state index contributed by atoms with van der Waals surface area (Å²) in [5, 5.41) is 2.96. The second-order valence-corrected chi connectivity index (χ2v) is 10.2. The number of hydrogen-bond acceptors (Lipinski definition) is 6. The van der Waals surface area contributed by atoms with Crippen LogP contribution in [-0.2, 0) is 19.6 Å². The number of halogens is 1. The molecular formula is C21H30ClN5O4S. The van der Waals surface area contributed by atoms with Crippen molar-refractivity contribution in [2.24, 2.45) is 0 Å². The number of rotatable bonds is 8. The summed E-state index contributed by atoms with van der Waals surface area (Å²) in [7, 11) is -3.68. The predicted octanol–water partition coefficient (Wildman–Crippen LogP) is 0.0927. The maximum Gasteiger partial charge on any atom is 0.244 e. The number of nitrogens with zero attached hydrogens (tertiary/aromatic N) is 4. The van der Waals surface area contributed by atoms with Gasteiger partial charge in [-0.25, -0.2) is 8.42 Å². The van der Waals surface area contributed by atoms with Crippen molar-refractivity contribution in [3.63, 3.8) is 0 Å². The van der Waals surface area contributed by atoms with Crippen LogP contribution < -0.4 is 5.32 Å². The molecule has 32 heavy (non-hydrogen) atoms. The fraction of sp³-hybridized carbons (Fsp3) is 0.524. The Morgan fingerprint density at radius 3 is 2.16 bits per heavy atom. The Labute approximate surface area is 194 Å². The summed E-state index contributed by atoms with van der Waals surface area (Å²) in [6, 6.07) is 6.39. The van der Waals surface area contributed by atoms with Gasteiger partial charge in [-0.3, -0.25) is 19.4 Å². The molecule has 0 atom stereocenters. The normalized spacial score (nSPS) is 19.0. The lowest BCUT2D eigenvalue weighted by Crippen LogP contribution is -2.55. The van der Waals surface area contributed by atoms with E-state index in [0.29, 0.717) is 45.8 Å². The Bertz CT molecular complexity index is 926. The molecule has 2 aliphatic rings. The van der Waals surface area contributed by atoms with Crippen LogP contribution in [0.15, 0.2) is 41.8 Å². The van der Waals surface area contributed by atoms with E-state index in [9.17, 15) is 18.0 Å². The number of piperazine rings is 2. The zero-order valence-electron chi connectivity index (χ0n) is 18.1. The maximum atomic E-state index is 12.9. The van der Waals surface area contributed by atoms with Gasteiger partial charge in [-0.15, -0.1) is 6.58 Å². The van der Waals surface area contributed by atoms with Gasteiger partial charge in [0.1, 0.15) is 4.90 Å². The van der Waals surface area contributed by atoms with E-state index in [1.807, 2.05) is 0 Å². The summed E-state index contributed by atoms with van der Waals surface area (Å²) in [6.07, 6.45) is 1.65. The lowest BCUT2D eigenvalue weighted by atomic mass is 10.3.